The standard InChI is InChI=1S/C31H34N4O5/c1-4-6-7-10-22-14-15-24(31(38)40-22)30(37)35-19-21(33-39-3)18-28(35)29(36)32-20-13-16-27-25(17-20)23-11-8-9-12-26(23)34(27)5-2/h8-9,11-17,28H,4-7,10,18-19H2,1-3H3,(H,32,36)/b33-21-/t28-/m0/s1. The van der Waals surface area contributed by atoms with Gasteiger partial charge in [0.25, 0.3) is 5.91 Å². The van der Waals surface area contributed by atoms with Gasteiger partial charge in [0.15, 0.2) is 0 Å². The normalized spacial score (nSPS) is 16.2. The van der Waals surface area contributed by atoms with E-state index in [1.807, 2.05) is 30.3 Å². The molecule has 1 aliphatic rings. The fourth-order valence-corrected chi connectivity index (χ4v) is 5.49. The van der Waals surface area contributed by atoms with Crippen molar-refractivity contribution >= 4 is 45.0 Å². The zero-order valence-corrected chi connectivity index (χ0v) is 23.1. The highest BCUT2D eigenvalue weighted by molar-refractivity contribution is 6.11. The molecule has 208 valence electrons. The number of fused-ring (bicyclic) bond motifs is 3. The van der Waals surface area contributed by atoms with Crippen LogP contribution in [0.4, 0.5) is 5.69 Å². The van der Waals surface area contributed by atoms with Gasteiger partial charge >= 0.3 is 5.63 Å². The summed E-state index contributed by atoms with van der Waals surface area (Å²) in [7, 11) is 1.42. The first kappa shape index (κ1) is 27.2. The molecule has 9 heteroatoms. The van der Waals surface area contributed by atoms with Crippen molar-refractivity contribution in [2.75, 3.05) is 19.0 Å². The number of carbonyl (C=O) groups excluding carboxylic acids is 2. The smallest absolute Gasteiger partial charge is 0.348 e. The number of para-hydroxylation sites is 1. The third-order valence-corrected chi connectivity index (χ3v) is 7.43. The van der Waals surface area contributed by atoms with Gasteiger partial charge in [0.2, 0.25) is 5.91 Å². The van der Waals surface area contributed by atoms with Gasteiger partial charge in [0.05, 0.1) is 12.3 Å². The van der Waals surface area contributed by atoms with Crippen LogP contribution < -0.4 is 10.9 Å². The summed E-state index contributed by atoms with van der Waals surface area (Å²) < 4.78 is 7.67. The lowest BCUT2D eigenvalue weighted by molar-refractivity contribution is -0.119. The summed E-state index contributed by atoms with van der Waals surface area (Å²) in [6.07, 6.45) is 3.83. The molecule has 0 bridgehead atoms. The minimum Gasteiger partial charge on any atom is -0.427 e. The summed E-state index contributed by atoms with van der Waals surface area (Å²) in [5.74, 6) is -0.391. The number of oxime groups is 1. The summed E-state index contributed by atoms with van der Waals surface area (Å²) in [4.78, 5) is 46.1. The fourth-order valence-electron chi connectivity index (χ4n) is 5.49. The van der Waals surface area contributed by atoms with E-state index in [4.69, 9.17) is 9.25 Å². The van der Waals surface area contributed by atoms with Crippen molar-refractivity contribution < 1.29 is 18.8 Å². The van der Waals surface area contributed by atoms with E-state index >= 15 is 0 Å². The number of nitrogens with zero attached hydrogens (tertiary/aromatic N) is 3. The molecule has 1 atom stereocenters. The van der Waals surface area contributed by atoms with Crippen LogP contribution in [-0.4, -0.2) is 46.7 Å². The summed E-state index contributed by atoms with van der Waals surface area (Å²) >= 11 is 0. The van der Waals surface area contributed by atoms with Gasteiger partial charge in [-0.15, -0.1) is 0 Å². The van der Waals surface area contributed by atoms with Crippen LogP contribution in [0.2, 0.25) is 0 Å². The Morgan fingerprint density at radius 1 is 1.05 bits per heavy atom. The molecule has 2 amide bonds. The quantitative estimate of drug-likeness (QED) is 0.227. The van der Waals surface area contributed by atoms with Crippen molar-refractivity contribution in [3.05, 3.63) is 76.3 Å². The summed E-state index contributed by atoms with van der Waals surface area (Å²) in [5.41, 5.74) is 2.57. The van der Waals surface area contributed by atoms with Gasteiger partial charge in [0.1, 0.15) is 24.5 Å². The first-order valence-corrected chi connectivity index (χ1v) is 13.8. The predicted molar refractivity (Wildman–Crippen MR) is 156 cm³/mol. The highest BCUT2D eigenvalue weighted by Crippen LogP contribution is 2.31. The SMILES string of the molecule is CCCCCc1ccc(C(=O)N2C/C(=N\OC)C[C@H]2C(=O)Nc2ccc3c(c2)c2ccccc2n3CC)c(=O)o1. The Morgan fingerprint density at radius 3 is 2.60 bits per heavy atom. The van der Waals surface area contributed by atoms with Crippen LogP contribution in [0.5, 0.6) is 0 Å². The van der Waals surface area contributed by atoms with Crippen LogP contribution >= 0.6 is 0 Å². The molecular weight excluding hydrogens is 508 g/mol. The zero-order chi connectivity index (χ0) is 28.2. The number of hydrogen-bond donors (Lipinski definition) is 1. The van der Waals surface area contributed by atoms with Gasteiger partial charge in [-0.25, -0.2) is 4.79 Å². The largest absolute Gasteiger partial charge is 0.427 e. The Hall–Kier alpha value is -4.40. The molecular formula is C31H34N4O5. The van der Waals surface area contributed by atoms with Gasteiger partial charge < -0.3 is 24.0 Å². The van der Waals surface area contributed by atoms with Crippen LogP contribution in [-0.2, 0) is 22.6 Å². The average Bonchev–Trinajstić information content (AvgIpc) is 3.52. The van der Waals surface area contributed by atoms with E-state index in [-0.39, 0.29) is 24.4 Å². The number of nitrogens with one attached hydrogen (secondary N) is 1. The number of rotatable bonds is 9. The molecule has 5 rings (SSSR count). The van der Waals surface area contributed by atoms with Crippen LogP contribution in [0.15, 0.2) is 69.0 Å². The van der Waals surface area contributed by atoms with Crippen molar-refractivity contribution in [3.8, 4) is 0 Å². The molecule has 1 aliphatic heterocycles. The Kier molecular flexibility index (Phi) is 8.00. The third kappa shape index (κ3) is 5.23. The Labute approximate surface area is 232 Å². The molecule has 0 saturated carbocycles. The maximum absolute atomic E-state index is 13.5. The molecule has 9 nitrogen and oxygen atoms in total. The van der Waals surface area contributed by atoms with Gasteiger partial charge in [-0.2, -0.15) is 0 Å². The van der Waals surface area contributed by atoms with Gasteiger partial charge in [-0.1, -0.05) is 43.1 Å². The van der Waals surface area contributed by atoms with Gasteiger partial charge in [-0.3, -0.25) is 9.59 Å². The maximum atomic E-state index is 13.5. The second-order valence-corrected chi connectivity index (χ2v) is 10.0. The Bertz CT molecular complexity index is 1650. The van der Waals surface area contributed by atoms with Crippen LogP contribution in [0, 0.1) is 0 Å². The number of amides is 2. The van der Waals surface area contributed by atoms with E-state index < -0.39 is 17.6 Å². The lowest BCUT2D eigenvalue weighted by atomic mass is 10.1. The first-order valence-electron chi connectivity index (χ1n) is 13.8. The Morgan fingerprint density at radius 2 is 1.85 bits per heavy atom. The fraction of sp³-hybridized carbons (Fsp3) is 0.355. The van der Waals surface area contributed by atoms with Gasteiger partial charge in [0, 0.05) is 46.9 Å². The third-order valence-electron chi connectivity index (χ3n) is 7.43. The number of carbonyl (C=O) groups is 2. The number of benzene rings is 2. The second-order valence-electron chi connectivity index (χ2n) is 10.0. The minimum absolute atomic E-state index is 0.0749. The lowest BCUT2D eigenvalue weighted by Gasteiger charge is -2.23. The van der Waals surface area contributed by atoms with Crippen molar-refractivity contribution in [3.63, 3.8) is 0 Å². The Balaban J connectivity index is 1.40. The monoisotopic (exact) mass is 542 g/mol. The number of likely N-dealkylation sites (tertiary alicyclic amines) is 1. The predicted octanol–water partition coefficient (Wildman–Crippen LogP) is 5.36. The summed E-state index contributed by atoms with van der Waals surface area (Å²) in [6.45, 7) is 5.10. The molecule has 1 N–H and O–H groups in total. The van der Waals surface area contributed by atoms with Crippen molar-refractivity contribution in [2.45, 2.75) is 58.5 Å². The highest BCUT2D eigenvalue weighted by Gasteiger charge is 2.39. The number of hydrogen-bond acceptors (Lipinski definition) is 6. The zero-order valence-electron chi connectivity index (χ0n) is 23.1. The molecule has 3 heterocycles. The molecule has 0 spiro atoms. The second kappa shape index (κ2) is 11.8. The topological polar surface area (TPSA) is 106 Å². The molecule has 0 aliphatic carbocycles. The molecule has 2 aromatic carbocycles. The summed E-state index contributed by atoms with van der Waals surface area (Å²) in [6, 6.07) is 16.3. The molecule has 0 unspecified atom stereocenters. The molecule has 4 aromatic rings. The van der Waals surface area contributed by atoms with E-state index in [0.29, 0.717) is 23.6 Å². The van der Waals surface area contributed by atoms with E-state index in [0.717, 1.165) is 47.6 Å². The summed E-state index contributed by atoms with van der Waals surface area (Å²) in [5, 5.41) is 9.11. The molecule has 2 aromatic heterocycles. The van der Waals surface area contributed by atoms with Crippen LogP contribution in [0.3, 0.4) is 0 Å². The number of unbranched alkanes of at least 4 members (excludes halogenated alkanes) is 2. The molecule has 1 fully saturated rings. The maximum Gasteiger partial charge on any atom is 0.348 e. The average molecular weight is 543 g/mol. The van der Waals surface area contributed by atoms with Gasteiger partial charge in [-0.05, 0) is 49.7 Å². The highest BCUT2D eigenvalue weighted by atomic mass is 16.6. The van der Waals surface area contributed by atoms with Crippen molar-refractivity contribution in [2.24, 2.45) is 5.16 Å². The number of aromatic nitrogens is 1. The molecule has 0 radical (unpaired) electrons. The van der Waals surface area contributed by atoms with E-state index in [2.05, 4.69) is 41.0 Å². The van der Waals surface area contributed by atoms with Crippen molar-refractivity contribution in [1.82, 2.24) is 9.47 Å². The molecule has 40 heavy (non-hydrogen) atoms. The first-order chi connectivity index (χ1) is 19.4. The van der Waals surface area contributed by atoms with Crippen LogP contribution in [0.1, 0.15) is 55.6 Å². The minimum atomic E-state index is -0.863. The van der Waals surface area contributed by atoms with E-state index in [9.17, 15) is 14.4 Å². The lowest BCUT2D eigenvalue weighted by Crippen LogP contribution is -2.44. The number of anilines is 1. The van der Waals surface area contributed by atoms with E-state index in [1.165, 1.54) is 18.1 Å². The van der Waals surface area contributed by atoms with E-state index in [1.54, 1.807) is 6.07 Å². The number of aryl methyl sites for hydroxylation is 2. The molecule has 1 saturated heterocycles. The van der Waals surface area contributed by atoms with Crippen molar-refractivity contribution in [1.29, 1.82) is 0 Å². The van der Waals surface area contributed by atoms with Crippen LogP contribution in [0.25, 0.3) is 21.8 Å².